The van der Waals surface area contributed by atoms with Crippen molar-refractivity contribution in [3.05, 3.63) is 0 Å². The van der Waals surface area contributed by atoms with Crippen molar-refractivity contribution >= 4 is 5.97 Å². The number of carbonyl (C=O) groups is 1. The number of esters is 1. The summed E-state index contributed by atoms with van der Waals surface area (Å²) < 4.78 is 18.1. The summed E-state index contributed by atoms with van der Waals surface area (Å²) in [6, 6.07) is -0.284. The summed E-state index contributed by atoms with van der Waals surface area (Å²) in [5.74, 6) is 0.232. The molecule has 0 radical (unpaired) electrons. The van der Waals surface area contributed by atoms with Crippen LogP contribution in [0.15, 0.2) is 0 Å². The van der Waals surface area contributed by atoms with Gasteiger partial charge in [-0.2, -0.15) is 0 Å². The number of rotatable bonds is 5. The van der Waals surface area contributed by atoms with E-state index in [0.29, 0.717) is 18.6 Å². The van der Waals surface area contributed by atoms with Gasteiger partial charge in [-0.1, -0.05) is 26.7 Å². The van der Waals surface area contributed by atoms with E-state index in [-0.39, 0.29) is 30.3 Å². The van der Waals surface area contributed by atoms with Crippen molar-refractivity contribution in [2.75, 3.05) is 6.61 Å². The third-order valence-corrected chi connectivity index (χ3v) is 4.80. The van der Waals surface area contributed by atoms with Gasteiger partial charge in [-0.25, -0.2) is 4.79 Å². The Morgan fingerprint density at radius 1 is 1.17 bits per heavy atom. The zero-order valence-electron chi connectivity index (χ0n) is 15.0. The Hall–Kier alpha value is -0.650. The van der Waals surface area contributed by atoms with Crippen LogP contribution in [-0.4, -0.2) is 43.0 Å². The van der Waals surface area contributed by atoms with Gasteiger partial charge in [0.1, 0.15) is 12.2 Å². The molecule has 0 spiro atoms. The van der Waals surface area contributed by atoms with E-state index in [4.69, 9.17) is 14.2 Å². The van der Waals surface area contributed by atoms with Crippen LogP contribution in [-0.2, 0) is 19.0 Å². The Morgan fingerprint density at radius 3 is 2.52 bits per heavy atom. The molecule has 0 amide bonds. The van der Waals surface area contributed by atoms with Crippen molar-refractivity contribution in [2.45, 2.75) is 96.2 Å². The Labute approximate surface area is 140 Å². The summed E-state index contributed by atoms with van der Waals surface area (Å²) in [6.07, 6.45) is 7.23. The van der Waals surface area contributed by atoms with Crippen LogP contribution in [0.1, 0.15) is 65.7 Å². The van der Waals surface area contributed by atoms with Gasteiger partial charge in [-0.15, -0.1) is 0 Å². The van der Waals surface area contributed by atoms with Crippen molar-refractivity contribution in [2.24, 2.45) is 5.92 Å². The lowest BCUT2D eigenvalue weighted by Gasteiger charge is -2.33. The average Bonchev–Trinajstić information content (AvgIpc) is 2.99. The number of ether oxygens (including phenoxy) is 3. The first kappa shape index (κ1) is 18.7. The summed E-state index contributed by atoms with van der Waals surface area (Å²) in [5, 5.41) is 0. The van der Waals surface area contributed by atoms with E-state index in [1.807, 2.05) is 6.92 Å². The molecule has 134 valence electrons. The van der Waals surface area contributed by atoms with Gasteiger partial charge in [0.25, 0.3) is 0 Å². The standard InChI is InChI=1S/C18H33NO4/c1-12(2)11-21-17-13(3)22-18(20)15(19)9-6-10-16(17)23-14-7-4-5-8-14/h12-17H,4-11,19H2,1-3H3/p+1/t13-,15-,16-,17-/m0/s1. The molecule has 5 nitrogen and oxygen atoms in total. The summed E-state index contributed by atoms with van der Waals surface area (Å²) in [6.45, 7) is 6.84. The molecule has 0 aromatic carbocycles. The minimum absolute atomic E-state index is 0.00458. The van der Waals surface area contributed by atoms with Crippen LogP contribution >= 0.6 is 0 Å². The first-order chi connectivity index (χ1) is 11.0. The Balaban J connectivity index is 2.08. The van der Waals surface area contributed by atoms with Crippen molar-refractivity contribution < 1.29 is 24.7 Å². The van der Waals surface area contributed by atoms with Gasteiger partial charge in [0.2, 0.25) is 0 Å². The SMILES string of the molecule is CC(C)CO[C@H]1[C@H](C)OC(=O)[C@@H]([NH3+])CCC[C@@H]1OC1CCCC1. The molecule has 0 bridgehead atoms. The summed E-state index contributed by atoms with van der Waals surface area (Å²) in [4.78, 5) is 12.1. The topological polar surface area (TPSA) is 72.4 Å². The predicted molar refractivity (Wildman–Crippen MR) is 87.8 cm³/mol. The normalized spacial score (nSPS) is 34.0. The van der Waals surface area contributed by atoms with Crippen LogP contribution in [0, 0.1) is 5.92 Å². The van der Waals surface area contributed by atoms with Crippen molar-refractivity contribution in [3.63, 3.8) is 0 Å². The summed E-state index contributed by atoms with van der Waals surface area (Å²) in [7, 11) is 0. The highest BCUT2D eigenvalue weighted by Crippen LogP contribution is 2.28. The highest BCUT2D eigenvalue weighted by atomic mass is 16.6. The molecular weight excluding hydrogens is 294 g/mol. The number of cyclic esters (lactones) is 1. The molecule has 3 N–H and O–H groups in total. The molecule has 2 aliphatic rings. The van der Waals surface area contributed by atoms with Crippen LogP contribution in [0.5, 0.6) is 0 Å². The highest BCUT2D eigenvalue weighted by molar-refractivity contribution is 5.74. The van der Waals surface area contributed by atoms with E-state index >= 15 is 0 Å². The molecule has 4 atom stereocenters. The van der Waals surface area contributed by atoms with Gasteiger partial charge in [-0.05, 0) is 38.5 Å². The lowest BCUT2D eigenvalue weighted by molar-refractivity contribution is -0.410. The first-order valence-electron chi connectivity index (χ1n) is 9.28. The van der Waals surface area contributed by atoms with E-state index in [1.165, 1.54) is 12.8 Å². The molecule has 5 heteroatoms. The molecule has 0 aromatic heterocycles. The van der Waals surface area contributed by atoms with Crippen molar-refractivity contribution in [3.8, 4) is 0 Å². The van der Waals surface area contributed by atoms with Crippen LogP contribution in [0.25, 0.3) is 0 Å². The summed E-state index contributed by atoms with van der Waals surface area (Å²) >= 11 is 0. The maximum atomic E-state index is 12.1. The third-order valence-electron chi connectivity index (χ3n) is 4.80. The van der Waals surface area contributed by atoms with Gasteiger partial charge in [0.05, 0.1) is 12.2 Å². The molecule has 1 saturated carbocycles. The van der Waals surface area contributed by atoms with Crippen LogP contribution in [0.4, 0.5) is 0 Å². The molecule has 1 aliphatic heterocycles. The molecular formula is C18H34NO4+. The number of hydrogen-bond acceptors (Lipinski definition) is 4. The molecule has 1 heterocycles. The van der Waals surface area contributed by atoms with Gasteiger partial charge in [0, 0.05) is 13.0 Å². The van der Waals surface area contributed by atoms with E-state index in [2.05, 4.69) is 19.6 Å². The summed E-state index contributed by atoms with van der Waals surface area (Å²) in [5.41, 5.74) is 3.93. The minimum atomic E-state index is -0.296. The van der Waals surface area contributed by atoms with E-state index in [0.717, 1.165) is 32.1 Å². The third kappa shape index (κ3) is 5.73. The second-order valence-electron chi connectivity index (χ2n) is 7.54. The smallest absolute Gasteiger partial charge is 0.365 e. The number of hydrogen-bond donors (Lipinski definition) is 1. The van der Waals surface area contributed by atoms with Crippen LogP contribution in [0.2, 0.25) is 0 Å². The van der Waals surface area contributed by atoms with Crippen molar-refractivity contribution in [1.82, 2.24) is 0 Å². The second-order valence-corrected chi connectivity index (χ2v) is 7.54. The molecule has 0 aromatic rings. The van der Waals surface area contributed by atoms with E-state index in [9.17, 15) is 4.79 Å². The molecule has 0 unspecified atom stereocenters. The monoisotopic (exact) mass is 328 g/mol. The maximum Gasteiger partial charge on any atom is 0.365 e. The zero-order valence-corrected chi connectivity index (χ0v) is 15.0. The highest BCUT2D eigenvalue weighted by Gasteiger charge is 2.36. The fraction of sp³-hybridized carbons (Fsp3) is 0.944. The van der Waals surface area contributed by atoms with Gasteiger partial charge in [0.15, 0.2) is 6.04 Å². The Kier molecular flexibility index (Phi) is 7.31. The molecule has 1 aliphatic carbocycles. The van der Waals surface area contributed by atoms with Gasteiger partial charge >= 0.3 is 5.97 Å². The number of quaternary nitrogens is 1. The average molecular weight is 328 g/mol. The lowest BCUT2D eigenvalue weighted by atomic mass is 10.0. The fourth-order valence-corrected chi connectivity index (χ4v) is 3.46. The maximum absolute atomic E-state index is 12.1. The molecule has 2 rings (SSSR count). The quantitative estimate of drug-likeness (QED) is 0.784. The van der Waals surface area contributed by atoms with Crippen molar-refractivity contribution in [1.29, 1.82) is 0 Å². The minimum Gasteiger partial charge on any atom is -0.455 e. The van der Waals surface area contributed by atoms with E-state index in [1.54, 1.807) is 0 Å². The zero-order chi connectivity index (χ0) is 16.8. The van der Waals surface area contributed by atoms with Gasteiger partial charge < -0.3 is 19.9 Å². The van der Waals surface area contributed by atoms with E-state index < -0.39 is 0 Å². The number of carbonyl (C=O) groups excluding carboxylic acids is 1. The second kappa shape index (κ2) is 9.00. The fourth-order valence-electron chi connectivity index (χ4n) is 3.46. The Bertz CT molecular complexity index is 368. The lowest BCUT2D eigenvalue weighted by Crippen LogP contribution is -2.65. The molecule has 1 saturated heterocycles. The van der Waals surface area contributed by atoms with Gasteiger partial charge in [-0.3, -0.25) is 0 Å². The predicted octanol–water partition coefficient (Wildman–Crippen LogP) is 2.08. The first-order valence-corrected chi connectivity index (χ1v) is 9.28. The van der Waals surface area contributed by atoms with Crippen LogP contribution < -0.4 is 5.73 Å². The Morgan fingerprint density at radius 2 is 1.87 bits per heavy atom. The van der Waals surface area contributed by atoms with Crippen LogP contribution in [0.3, 0.4) is 0 Å². The molecule has 23 heavy (non-hydrogen) atoms. The molecule has 2 fully saturated rings. The largest absolute Gasteiger partial charge is 0.455 e.